The molecule has 1 heterocycles. The third kappa shape index (κ3) is 3.10. The van der Waals surface area contributed by atoms with Gasteiger partial charge in [0.05, 0.1) is 6.54 Å². The van der Waals surface area contributed by atoms with E-state index < -0.39 is 0 Å². The number of benzene rings is 1. The van der Waals surface area contributed by atoms with Crippen molar-refractivity contribution in [3.05, 3.63) is 23.8 Å². The standard InChI is InChI=1S/C15H21N3O2/c1-11(19)13-9-12(5-6-14(13)16)17(2)10-15(20)18-7-3-4-8-18/h5-6,9H,3-4,7-8,10,16H2,1-2H3. The second-order valence-electron chi connectivity index (χ2n) is 5.27. The summed E-state index contributed by atoms with van der Waals surface area (Å²) in [6.45, 7) is 3.52. The zero-order chi connectivity index (χ0) is 14.7. The lowest BCUT2D eigenvalue weighted by Gasteiger charge is -2.23. The van der Waals surface area contributed by atoms with Gasteiger partial charge >= 0.3 is 0 Å². The highest BCUT2D eigenvalue weighted by Crippen LogP contribution is 2.21. The van der Waals surface area contributed by atoms with Gasteiger partial charge < -0.3 is 15.5 Å². The number of likely N-dealkylation sites (tertiary alicyclic amines) is 1. The van der Waals surface area contributed by atoms with Crippen molar-refractivity contribution in [2.45, 2.75) is 19.8 Å². The summed E-state index contributed by atoms with van der Waals surface area (Å²) in [7, 11) is 1.85. The number of hydrogen-bond donors (Lipinski definition) is 1. The number of carbonyl (C=O) groups is 2. The first-order valence-corrected chi connectivity index (χ1v) is 6.88. The number of nitrogen functional groups attached to an aromatic ring is 1. The number of likely N-dealkylation sites (N-methyl/N-ethyl adjacent to an activating group) is 1. The molecular weight excluding hydrogens is 254 g/mol. The molecule has 0 atom stereocenters. The average Bonchev–Trinajstić information content (AvgIpc) is 2.92. The summed E-state index contributed by atoms with van der Waals surface area (Å²) in [5, 5.41) is 0. The molecule has 0 unspecified atom stereocenters. The van der Waals surface area contributed by atoms with E-state index in [4.69, 9.17) is 5.73 Å². The zero-order valence-corrected chi connectivity index (χ0v) is 12.1. The molecule has 5 heteroatoms. The highest BCUT2D eigenvalue weighted by atomic mass is 16.2. The molecule has 1 aromatic carbocycles. The van der Waals surface area contributed by atoms with Gasteiger partial charge in [0.2, 0.25) is 5.91 Å². The van der Waals surface area contributed by atoms with Crippen molar-refractivity contribution < 1.29 is 9.59 Å². The number of ketones is 1. The number of rotatable bonds is 4. The molecule has 1 aliphatic heterocycles. The van der Waals surface area contributed by atoms with E-state index in [-0.39, 0.29) is 11.7 Å². The first kappa shape index (κ1) is 14.4. The number of amides is 1. The van der Waals surface area contributed by atoms with E-state index in [0.717, 1.165) is 31.6 Å². The Kier molecular flexibility index (Phi) is 4.27. The Morgan fingerprint density at radius 3 is 2.55 bits per heavy atom. The van der Waals surface area contributed by atoms with E-state index in [2.05, 4.69) is 0 Å². The lowest BCUT2D eigenvalue weighted by molar-refractivity contribution is -0.128. The zero-order valence-electron chi connectivity index (χ0n) is 12.1. The molecule has 5 nitrogen and oxygen atoms in total. The molecule has 1 saturated heterocycles. The van der Waals surface area contributed by atoms with Crippen LogP contribution in [0.2, 0.25) is 0 Å². The third-order valence-corrected chi connectivity index (χ3v) is 3.69. The van der Waals surface area contributed by atoms with Gasteiger partial charge in [-0.05, 0) is 38.0 Å². The van der Waals surface area contributed by atoms with Gasteiger partial charge in [-0.2, -0.15) is 0 Å². The van der Waals surface area contributed by atoms with Crippen molar-refractivity contribution in [2.24, 2.45) is 0 Å². The molecule has 0 radical (unpaired) electrons. The fourth-order valence-corrected chi connectivity index (χ4v) is 2.45. The van der Waals surface area contributed by atoms with E-state index >= 15 is 0 Å². The Hall–Kier alpha value is -2.04. The smallest absolute Gasteiger partial charge is 0.242 e. The van der Waals surface area contributed by atoms with Crippen LogP contribution in [-0.2, 0) is 4.79 Å². The molecule has 1 fully saturated rings. The molecule has 0 aromatic heterocycles. The average molecular weight is 275 g/mol. The summed E-state index contributed by atoms with van der Waals surface area (Å²) < 4.78 is 0. The molecule has 0 saturated carbocycles. The van der Waals surface area contributed by atoms with Gasteiger partial charge in [0.25, 0.3) is 0 Å². The highest BCUT2D eigenvalue weighted by Gasteiger charge is 2.19. The van der Waals surface area contributed by atoms with Gasteiger partial charge in [-0.1, -0.05) is 0 Å². The fourth-order valence-electron chi connectivity index (χ4n) is 2.45. The largest absolute Gasteiger partial charge is 0.398 e. The van der Waals surface area contributed by atoms with Crippen LogP contribution in [0, 0.1) is 0 Å². The van der Waals surface area contributed by atoms with Crippen LogP contribution < -0.4 is 10.6 Å². The molecule has 0 aliphatic carbocycles. The second-order valence-corrected chi connectivity index (χ2v) is 5.27. The summed E-state index contributed by atoms with van der Waals surface area (Å²) in [4.78, 5) is 27.3. The van der Waals surface area contributed by atoms with Crippen LogP contribution in [0.4, 0.5) is 11.4 Å². The Bertz CT molecular complexity index is 522. The van der Waals surface area contributed by atoms with Crippen LogP contribution in [0.5, 0.6) is 0 Å². The lowest BCUT2D eigenvalue weighted by atomic mass is 10.1. The first-order chi connectivity index (χ1) is 9.49. The van der Waals surface area contributed by atoms with Crippen LogP contribution in [0.1, 0.15) is 30.1 Å². The molecule has 0 spiro atoms. The lowest BCUT2D eigenvalue weighted by Crippen LogP contribution is -2.37. The molecule has 2 N–H and O–H groups in total. The van der Waals surface area contributed by atoms with Crippen molar-refractivity contribution in [1.29, 1.82) is 0 Å². The van der Waals surface area contributed by atoms with E-state index in [1.165, 1.54) is 6.92 Å². The first-order valence-electron chi connectivity index (χ1n) is 6.88. The highest BCUT2D eigenvalue weighted by molar-refractivity contribution is 6.00. The maximum Gasteiger partial charge on any atom is 0.242 e. The van der Waals surface area contributed by atoms with Crippen molar-refractivity contribution in [3.8, 4) is 0 Å². The molecule has 1 aliphatic rings. The quantitative estimate of drug-likeness (QED) is 0.668. The number of anilines is 2. The van der Waals surface area contributed by atoms with Crippen LogP contribution in [0.15, 0.2) is 18.2 Å². The number of nitrogens with zero attached hydrogens (tertiary/aromatic N) is 2. The monoisotopic (exact) mass is 275 g/mol. The molecule has 2 rings (SSSR count). The summed E-state index contributed by atoms with van der Waals surface area (Å²) >= 11 is 0. The SMILES string of the molecule is CC(=O)c1cc(N(C)CC(=O)N2CCCC2)ccc1N. The number of hydrogen-bond acceptors (Lipinski definition) is 4. The molecular formula is C15H21N3O2. The minimum atomic E-state index is -0.0661. The summed E-state index contributed by atoms with van der Waals surface area (Å²) in [6, 6.07) is 5.29. The van der Waals surface area contributed by atoms with Gasteiger partial charge in [0, 0.05) is 37.1 Å². The Morgan fingerprint density at radius 2 is 1.95 bits per heavy atom. The van der Waals surface area contributed by atoms with Crippen molar-refractivity contribution >= 4 is 23.1 Å². The summed E-state index contributed by atoms with van der Waals surface area (Å²) in [5.74, 6) is 0.0646. The fraction of sp³-hybridized carbons (Fsp3) is 0.467. The molecule has 1 amide bonds. The topological polar surface area (TPSA) is 66.6 Å². The summed E-state index contributed by atoms with van der Waals surface area (Å²) in [5.41, 5.74) is 7.58. The van der Waals surface area contributed by atoms with E-state index in [1.54, 1.807) is 12.1 Å². The number of Topliss-reactive ketones (excluding diaryl/α,β-unsaturated/α-hetero) is 1. The van der Waals surface area contributed by atoms with E-state index in [9.17, 15) is 9.59 Å². The second kappa shape index (κ2) is 5.94. The normalized spacial score (nSPS) is 14.4. The van der Waals surface area contributed by atoms with Crippen molar-refractivity contribution in [2.75, 3.05) is 37.3 Å². The van der Waals surface area contributed by atoms with Crippen LogP contribution in [0.3, 0.4) is 0 Å². The van der Waals surface area contributed by atoms with Gasteiger partial charge in [0.15, 0.2) is 5.78 Å². The van der Waals surface area contributed by atoms with Crippen LogP contribution in [0.25, 0.3) is 0 Å². The minimum Gasteiger partial charge on any atom is -0.398 e. The Balaban J connectivity index is 2.08. The molecule has 20 heavy (non-hydrogen) atoms. The van der Waals surface area contributed by atoms with Gasteiger partial charge in [-0.15, -0.1) is 0 Å². The molecule has 1 aromatic rings. The number of nitrogens with two attached hydrogens (primary N) is 1. The predicted octanol–water partition coefficient (Wildman–Crippen LogP) is 1.53. The molecule has 0 bridgehead atoms. The van der Waals surface area contributed by atoms with Gasteiger partial charge in [-0.3, -0.25) is 9.59 Å². The van der Waals surface area contributed by atoms with Gasteiger partial charge in [-0.25, -0.2) is 0 Å². The van der Waals surface area contributed by atoms with Crippen LogP contribution >= 0.6 is 0 Å². The maximum atomic E-state index is 12.1. The van der Waals surface area contributed by atoms with Crippen LogP contribution in [-0.4, -0.2) is 43.3 Å². The van der Waals surface area contributed by atoms with Gasteiger partial charge in [0.1, 0.15) is 0 Å². The predicted molar refractivity (Wildman–Crippen MR) is 79.9 cm³/mol. The van der Waals surface area contributed by atoms with Crippen molar-refractivity contribution in [1.82, 2.24) is 4.90 Å². The number of carbonyl (C=O) groups excluding carboxylic acids is 2. The molecule has 108 valence electrons. The minimum absolute atomic E-state index is 0.0661. The van der Waals surface area contributed by atoms with Crippen molar-refractivity contribution in [3.63, 3.8) is 0 Å². The Labute approximate surface area is 119 Å². The van der Waals surface area contributed by atoms with E-state index in [1.807, 2.05) is 22.9 Å². The summed E-state index contributed by atoms with van der Waals surface area (Å²) in [6.07, 6.45) is 2.18. The third-order valence-electron chi connectivity index (χ3n) is 3.69. The van der Waals surface area contributed by atoms with E-state index in [0.29, 0.717) is 17.8 Å². The Morgan fingerprint density at radius 1 is 1.30 bits per heavy atom. The maximum absolute atomic E-state index is 12.1.